The molecule has 2 atom stereocenters. The normalized spacial score (nSPS) is 20.0. The summed E-state index contributed by atoms with van der Waals surface area (Å²) in [6.45, 7) is 0. The molecule has 0 radical (unpaired) electrons. The number of benzene rings is 2. The van der Waals surface area contributed by atoms with Gasteiger partial charge in [-0.1, -0.05) is 36.4 Å². The lowest BCUT2D eigenvalue weighted by Crippen LogP contribution is -2.08. The highest BCUT2D eigenvalue weighted by molar-refractivity contribution is 6.01. The smallest absolute Gasteiger partial charge is 0.305 e. The predicted molar refractivity (Wildman–Crippen MR) is 71.4 cm³/mol. The Morgan fingerprint density at radius 3 is 2.57 bits per heavy atom. The minimum atomic E-state index is -0.907. The lowest BCUT2D eigenvalue weighted by molar-refractivity contribution is -0.387. The Hall–Kier alpha value is -2.60. The van der Waals surface area contributed by atoms with Crippen molar-refractivity contribution in [2.75, 3.05) is 0 Å². The van der Waals surface area contributed by atoms with E-state index in [1.165, 1.54) is 6.07 Å². The third kappa shape index (κ3) is 2.53. The first-order valence-corrected chi connectivity index (χ1v) is 6.26. The molecule has 0 aliphatic carbocycles. The SMILES string of the molecule is O=C(c1ccccc1)[C@H]1O[C@H]1c1ccc(F)c([N+](=O)[O-])c1. The third-order valence-corrected chi connectivity index (χ3v) is 3.30. The molecule has 1 aliphatic rings. The van der Waals surface area contributed by atoms with Crippen LogP contribution in [-0.4, -0.2) is 16.8 Å². The Morgan fingerprint density at radius 1 is 1.19 bits per heavy atom. The minimum Gasteiger partial charge on any atom is -0.356 e. The van der Waals surface area contributed by atoms with Gasteiger partial charge in [0.2, 0.25) is 5.82 Å². The van der Waals surface area contributed by atoms with Crippen LogP contribution < -0.4 is 0 Å². The quantitative estimate of drug-likeness (QED) is 0.375. The van der Waals surface area contributed by atoms with Crippen LogP contribution in [0.3, 0.4) is 0 Å². The van der Waals surface area contributed by atoms with Crippen LogP contribution in [0.5, 0.6) is 0 Å². The van der Waals surface area contributed by atoms with E-state index in [0.29, 0.717) is 11.1 Å². The van der Waals surface area contributed by atoms with Crippen molar-refractivity contribution in [3.63, 3.8) is 0 Å². The van der Waals surface area contributed by atoms with Gasteiger partial charge in [-0.3, -0.25) is 14.9 Å². The first kappa shape index (κ1) is 13.4. The van der Waals surface area contributed by atoms with Crippen LogP contribution in [0.15, 0.2) is 48.5 Å². The molecule has 2 aromatic rings. The number of carbonyl (C=O) groups excluding carboxylic acids is 1. The highest BCUT2D eigenvalue weighted by Gasteiger charge is 2.46. The van der Waals surface area contributed by atoms with Gasteiger partial charge in [0, 0.05) is 11.6 Å². The molecule has 21 heavy (non-hydrogen) atoms. The van der Waals surface area contributed by atoms with Gasteiger partial charge in [-0.2, -0.15) is 4.39 Å². The molecule has 1 aliphatic heterocycles. The minimum absolute atomic E-state index is 0.187. The van der Waals surface area contributed by atoms with Crippen LogP contribution in [0.25, 0.3) is 0 Å². The Bertz CT molecular complexity index is 717. The van der Waals surface area contributed by atoms with Crippen LogP contribution in [-0.2, 0) is 4.74 Å². The van der Waals surface area contributed by atoms with Crippen molar-refractivity contribution in [1.82, 2.24) is 0 Å². The highest BCUT2D eigenvalue weighted by Crippen LogP contribution is 2.41. The van der Waals surface area contributed by atoms with Gasteiger partial charge in [0.15, 0.2) is 11.9 Å². The Balaban J connectivity index is 1.81. The van der Waals surface area contributed by atoms with Crippen LogP contribution in [0.2, 0.25) is 0 Å². The van der Waals surface area contributed by atoms with Gasteiger partial charge in [0.05, 0.1) is 4.92 Å². The predicted octanol–water partition coefficient (Wildman–Crippen LogP) is 3.06. The number of ketones is 1. The third-order valence-electron chi connectivity index (χ3n) is 3.30. The molecule has 6 heteroatoms. The maximum absolute atomic E-state index is 13.3. The highest BCUT2D eigenvalue weighted by atomic mass is 19.1. The zero-order valence-corrected chi connectivity index (χ0v) is 10.7. The van der Waals surface area contributed by atoms with E-state index < -0.39 is 28.6 Å². The Labute approximate surface area is 119 Å². The second kappa shape index (κ2) is 5.06. The molecule has 0 N–H and O–H groups in total. The molecule has 1 fully saturated rings. The monoisotopic (exact) mass is 287 g/mol. The maximum Gasteiger partial charge on any atom is 0.305 e. The summed E-state index contributed by atoms with van der Waals surface area (Å²) in [4.78, 5) is 22.1. The lowest BCUT2D eigenvalue weighted by Gasteiger charge is -1.99. The summed E-state index contributed by atoms with van der Waals surface area (Å²) in [6, 6.07) is 12.1. The average molecular weight is 287 g/mol. The van der Waals surface area contributed by atoms with Crippen LogP contribution in [0, 0.1) is 15.9 Å². The molecule has 106 valence electrons. The van der Waals surface area contributed by atoms with E-state index >= 15 is 0 Å². The molecule has 2 aromatic carbocycles. The van der Waals surface area contributed by atoms with Crippen molar-refractivity contribution in [2.24, 2.45) is 0 Å². The molecule has 0 bridgehead atoms. The van der Waals surface area contributed by atoms with E-state index in [2.05, 4.69) is 0 Å². The average Bonchev–Trinajstić information content (AvgIpc) is 3.28. The summed E-state index contributed by atoms with van der Waals surface area (Å²) in [7, 11) is 0. The molecule has 0 spiro atoms. The zero-order chi connectivity index (χ0) is 15.0. The number of carbonyl (C=O) groups is 1. The molecule has 1 heterocycles. The van der Waals surface area contributed by atoms with E-state index in [1.807, 2.05) is 0 Å². The second-order valence-electron chi connectivity index (χ2n) is 4.68. The first-order chi connectivity index (χ1) is 10.1. The van der Waals surface area contributed by atoms with Gasteiger partial charge >= 0.3 is 5.69 Å². The molecule has 0 aromatic heterocycles. The van der Waals surface area contributed by atoms with Crippen molar-refractivity contribution in [3.05, 3.63) is 75.6 Å². The van der Waals surface area contributed by atoms with E-state index in [4.69, 9.17) is 4.74 Å². The molecular formula is C15H10FNO4. The van der Waals surface area contributed by atoms with Gasteiger partial charge in [-0.25, -0.2) is 0 Å². The van der Waals surface area contributed by atoms with Crippen LogP contribution in [0.4, 0.5) is 10.1 Å². The summed E-state index contributed by atoms with van der Waals surface area (Å²) < 4.78 is 18.6. The summed E-state index contributed by atoms with van der Waals surface area (Å²) >= 11 is 0. The summed E-state index contributed by atoms with van der Waals surface area (Å²) in [5.74, 6) is -1.09. The summed E-state index contributed by atoms with van der Waals surface area (Å²) in [5.41, 5.74) is 0.327. The van der Waals surface area contributed by atoms with Crippen molar-refractivity contribution in [1.29, 1.82) is 0 Å². The van der Waals surface area contributed by atoms with Gasteiger partial charge in [-0.15, -0.1) is 0 Å². The number of hydrogen-bond donors (Lipinski definition) is 0. The summed E-state index contributed by atoms with van der Waals surface area (Å²) in [5, 5.41) is 10.7. The molecule has 0 saturated carbocycles. The number of Topliss-reactive ketones (excluding diaryl/α,β-unsaturated/α-hetero) is 1. The van der Waals surface area contributed by atoms with Crippen molar-refractivity contribution < 1.29 is 18.8 Å². The first-order valence-electron chi connectivity index (χ1n) is 6.26. The van der Waals surface area contributed by atoms with Crippen LogP contribution >= 0.6 is 0 Å². The number of nitrogens with zero attached hydrogens (tertiary/aromatic N) is 1. The van der Waals surface area contributed by atoms with Crippen molar-refractivity contribution in [3.8, 4) is 0 Å². The molecule has 5 nitrogen and oxygen atoms in total. The zero-order valence-electron chi connectivity index (χ0n) is 10.7. The Morgan fingerprint density at radius 2 is 1.90 bits per heavy atom. The van der Waals surface area contributed by atoms with Gasteiger partial charge in [-0.05, 0) is 11.6 Å². The Kier molecular flexibility index (Phi) is 3.23. The van der Waals surface area contributed by atoms with Crippen molar-refractivity contribution >= 4 is 11.5 Å². The maximum atomic E-state index is 13.3. The molecule has 0 unspecified atom stereocenters. The van der Waals surface area contributed by atoms with Crippen molar-refractivity contribution in [2.45, 2.75) is 12.2 Å². The number of hydrogen-bond acceptors (Lipinski definition) is 4. The van der Waals surface area contributed by atoms with Gasteiger partial charge in [0.1, 0.15) is 6.10 Å². The van der Waals surface area contributed by atoms with E-state index in [-0.39, 0.29) is 5.78 Å². The molecular weight excluding hydrogens is 277 g/mol. The standard InChI is InChI=1S/C15H10FNO4/c16-11-7-6-10(8-12(11)17(19)20)14-15(21-14)13(18)9-4-2-1-3-5-9/h1-8,14-15H/t14-,15+/m0/s1. The van der Waals surface area contributed by atoms with Gasteiger partial charge in [0.25, 0.3) is 0 Å². The topological polar surface area (TPSA) is 72.7 Å². The number of epoxide rings is 1. The number of rotatable bonds is 4. The fraction of sp³-hybridized carbons (Fsp3) is 0.133. The van der Waals surface area contributed by atoms with Crippen LogP contribution in [0.1, 0.15) is 22.0 Å². The fourth-order valence-corrected chi connectivity index (χ4v) is 2.18. The molecule has 0 amide bonds. The van der Waals surface area contributed by atoms with E-state index in [9.17, 15) is 19.3 Å². The molecule has 3 rings (SSSR count). The lowest BCUT2D eigenvalue weighted by atomic mass is 10.0. The van der Waals surface area contributed by atoms with E-state index in [1.54, 1.807) is 30.3 Å². The van der Waals surface area contributed by atoms with E-state index in [0.717, 1.165) is 12.1 Å². The largest absolute Gasteiger partial charge is 0.356 e. The number of ether oxygens (including phenoxy) is 1. The summed E-state index contributed by atoms with van der Waals surface area (Å²) in [6.07, 6.45) is -1.23. The second-order valence-corrected chi connectivity index (χ2v) is 4.68. The number of nitro benzene ring substituents is 1. The number of halogens is 1. The van der Waals surface area contributed by atoms with Gasteiger partial charge < -0.3 is 4.74 Å². The number of nitro groups is 1. The fourth-order valence-electron chi connectivity index (χ4n) is 2.18. The molecule has 1 saturated heterocycles.